The molecule has 1 atom stereocenters. The van der Waals surface area contributed by atoms with Crippen molar-refractivity contribution in [1.82, 2.24) is 0 Å². The number of hydrogen-bond acceptors (Lipinski definition) is 5. The average molecular weight is 391 g/mol. The maximum atomic E-state index is 11.7. The molecular weight excluding hydrogens is 356 g/mol. The number of hydrogen-bond donors (Lipinski definition) is 0. The first kappa shape index (κ1) is 23.7. The Labute approximate surface area is 169 Å². The summed E-state index contributed by atoms with van der Waals surface area (Å²) in [7, 11) is 0. The van der Waals surface area contributed by atoms with Crippen LogP contribution in [0.3, 0.4) is 0 Å². The van der Waals surface area contributed by atoms with Gasteiger partial charge in [-0.25, -0.2) is 4.79 Å². The minimum atomic E-state index is -0.466. The van der Waals surface area contributed by atoms with Crippen LogP contribution in [0.5, 0.6) is 5.75 Å². The van der Waals surface area contributed by atoms with Crippen molar-refractivity contribution in [2.75, 3.05) is 19.8 Å². The van der Waals surface area contributed by atoms with Crippen LogP contribution >= 0.6 is 0 Å². The molecule has 0 spiro atoms. The van der Waals surface area contributed by atoms with E-state index < -0.39 is 5.97 Å². The highest BCUT2D eigenvalue weighted by Gasteiger charge is 2.11. The van der Waals surface area contributed by atoms with Gasteiger partial charge in [0, 0.05) is 6.08 Å². The highest BCUT2D eigenvalue weighted by Crippen LogP contribution is 2.14. The molecule has 1 aromatic carbocycles. The van der Waals surface area contributed by atoms with Gasteiger partial charge in [-0.1, -0.05) is 58.6 Å². The minimum absolute atomic E-state index is 0.0520. The first-order chi connectivity index (χ1) is 13.6. The van der Waals surface area contributed by atoms with Crippen LogP contribution < -0.4 is 4.74 Å². The van der Waals surface area contributed by atoms with Crippen molar-refractivity contribution in [3.05, 3.63) is 35.9 Å². The molecule has 0 radical (unpaired) electrons. The first-order valence-electron chi connectivity index (χ1n) is 10.3. The average Bonchev–Trinajstić information content (AvgIpc) is 2.72. The van der Waals surface area contributed by atoms with E-state index in [0.29, 0.717) is 0 Å². The molecule has 5 nitrogen and oxygen atoms in total. The van der Waals surface area contributed by atoms with Crippen LogP contribution in [-0.2, 0) is 19.1 Å². The Kier molecular flexibility index (Phi) is 12.5. The number of esters is 2. The normalized spacial score (nSPS) is 12.0. The number of benzene rings is 1. The van der Waals surface area contributed by atoms with Crippen LogP contribution in [0.1, 0.15) is 64.9 Å². The first-order valence-corrected chi connectivity index (χ1v) is 10.3. The molecule has 1 unspecified atom stereocenters. The molecule has 0 heterocycles. The van der Waals surface area contributed by atoms with E-state index in [1.54, 1.807) is 13.0 Å². The number of rotatable bonds is 14. The standard InChI is InChI=1S/C23H34O5/c1-4-6-7-8-9-16-26-21-13-10-20(11-14-21)12-15-22(24)27-17-18-28-23(25)19(3)5-2/h10-15,19H,4-9,16-18H2,1-3H3/b15-12+. The molecule has 0 aliphatic heterocycles. The van der Waals surface area contributed by atoms with E-state index in [4.69, 9.17) is 14.2 Å². The molecule has 0 N–H and O–H groups in total. The zero-order valence-corrected chi connectivity index (χ0v) is 17.4. The van der Waals surface area contributed by atoms with Crippen molar-refractivity contribution in [3.63, 3.8) is 0 Å². The summed E-state index contributed by atoms with van der Waals surface area (Å²) in [5.74, 6) is -0.0358. The predicted molar refractivity (Wildman–Crippen MR) is 111 cm³/mol. The summed E-state index contributed by atoms with van der Waals surface area (Å²) in [4.78, 5) is 23.2. The van der Waals surface area contributed by atoms with Gasteiger partial charge in [0.2, 0.25) is 0 Å². The van der Waals surface area contributed by atoms with E-state index in [9.17, 15) is 9.59 Å². The molecule has 0 aliphatic rings. The van der Waals surface area contributed by atoms with E-state index >= 15 is 0 Å². The summed E-state index contributed by atoms with van der Waals surface area (Å²) < 4.78 is 15.8. The van der Waals surface area contributed by atoms with Crippen LogP contribution in [-0.4, -0.2) is 31.8 Å². The number of ether oxygens (including phenoxy) is 3. The molecular formula is C23H34O5. The van der Waals surface area contributed by atoms with E-state index in [1.165, 1.54) is 31.8 Å². The second-order valence-corrected chi connectivity index (χ2v) is 6.81. The quantitative estimate of drug-likeness (QED) is 0.249. The van der Waals surface area contributed by atoms with E-state index in [1.807, 2.05) is 31.2 Å². The molecule has 0 aliphatic carbocycles. The molecule has 28 heavy (non-hydrogen) atoms. The lowest BCUT2D eigenvalue weighted by Crippen LogP contribution is -2.17. The van der Waals surface area contributed by atoms with Gasteiger partial charge in [0.15, 0.2) is 0 Å². The summed E-state index contributed by atoms with van der Waals surface area (Å²) in [6.07, 6.45) is 9.84. The van der Waals surface area contributed by atoms with E-state index in [-0.39, 0.29) is 25.1 Å². The van der Waals surface area contributed by atoms with Gasteiger partial charge in [0.05, 0.1) is 12.5 Å². The van der Waals surface area contributed by atoms with E-state index in [0.717, 1.165) is 30.8 Å². The van der Waals surface area contributed by atoms with Gasteiger partial charge in [0.1, 0.15) is 19.0 Å². The zero-order chi connectivity index (χ0) is 20.6. The lowest BCUT2D eigenvalue weighted by Gasteiger charge is -2.08. The third-order valence-electron chi connectivity index (χ3n) is 4.40. The Morgan fingerprint density at radius 3 is 2.29 bits per heavy atom. The van der Waals surface area contributed by atoms with Crippen molar-refractivity contribution in [3.8, 4) is 5.75 Å². The fourth-order valence-corrected chi connectivity index (χ4v) is 2.38. The molecule has 0 saturated carbocycles. The molecule has 0 amide bonds. The topological polar surface area (TPSA) is 61.8 Å². The maximum Gasteiger partial charge on any atom is 0.330 e. The van der Waals surface area contributed by atoms with Crippen molar-refractivity contribution in [2.45, 2.75) is 59.3 Å². The molecule has 0 saturated heterocycles. The third-order valence-corrected chi connectivity index (χ3v) is 4.40. The van der Waals surface area contributed by atoms with Gasteiger partial charge >= 0.3 is 11.9 Å². The van der Waals surface area contributed by atoms with Crippen molar-refractivity contribution in [2.24, 2.45) is 5.92 Å². The Balaban J connectivity index is 2.23. The fraction of sp³-hybridized carbons (Fsp3) is 0.565. The van der Waals surface area contributed by atoms with Crippen LogP contribution in [0.25, 0.3) is 6.08 Å². The van der Waals surface area contributed by atoms with Gasteiger partial charge in [-0.2, -0.15) is 0 Å². The molecule has 0 bridgehead atoms. The highest BCUT2D eigenvalue weighted by molar-refractivity contribution is 5.87. The summed E-state index contributed by atoms with van der Waals surface area (Å²) >= 11 is 0. The van der Waals surface area contributed by atoms with Gasteiger partial charge in [0.25, 0.3) is 0 Å². The van der Waals surface area contributed by atoms with Gasteiger partial charge in [-0.15, -0.1) is 0 Å². The smallest absolute Gasteiger partial charge is 0.330 e. The Hall–Kier alpha value is -2.30. The maximum absolute atomic E-state index is 11.7. The summed E-state index contributed by atoms with van der Waals surface area (Å²) in [6, 6.07) is 7.57. The summed E-state index contributed by atoms with van der Waals surface area (Å²) in [6.45, 7) is 6.79. The van der Waals surface area contributed by atoms with Gasteiger partial charge in [-0.3, -0.25) is 4.79 Å². The summed E-state index contributed by atoms with van der Waals surface area (Å²) in [5, 5.41) is 0. The largest absolute Gasteiger partial charge is 0.494 e. The number of carbonyl (C=O) groups excluding carboxylic acids is 2. The molecule has 1 aromatic rings. The second-order valence-electron chi connectivity index (χ2n) is 6.81. The molecule has 156 valence electrons. The van der Waals surface area contributed by atoms with Gasteiger partial charge < -0.3 is 14.2 Å². The van der Waals surface area contributed by atoms with Crippen molar-refractivity contribution < 1.29 is 23.8 Å². The SMILES string of the molecule is CCCCCCCOc1ccc(/C=C/C(=O)OCCOC(=O)C(C)CC)cc1. The van der Waals surface area contributed by atoms with E-state index in [2.05, 4.69) is 6.92 Å². The van der Waals surface area contributed by atoms with Crippen LogP contribution in [0.4, 0.5) is 0 Å². The lowest BCUT2D eigenvalue weighted by molar-refractivity contribution is -0.152. The number of unbranched alkanes of at least 4 members (excludes halogenated alkanes) is 4. The second kappa shape index (κ2) is 14.7. The Morgan fingerprint density at radius 1 is 0.929 bits per heavy atom. The highest BCUT2D eigenvalue weighted by atomic mass is 16.6. The van der Waals surface area contributed by atoms with Crippen LogP contribution in [0, 0.1) is 5.92 Å². The molecule has 0 fully saturated rings. The van der Waals surface area contributed by atoms with Crippen molar-refractivity contribution in [1.29, 1.82) is 0 Å². The fourth-order valence-electron chi connectivity index (χ4n) is 2.38. The molecule has 0 aromatic heterocycles. The predicted octanol–water partition coefficient (Wildman–Crippen LogP) is 5.18. The molecule has 1 rings (SSSR count). The third kappa shape index (κ3) is 10.8. The number of carbonyl (C=O) groups is 2. The zero-order valence-electron chi connectivity index (χ0n) is 17.4. The minimum Gasteiger partial charge on any atom is -0.494 e. The van der Waals surface area contributed by atoms with Crippen molar-refractivity contribution >= 4 is 18.0 Å². The molecule has 5 heteroatoms. The van der Waals surface area contributed by atoms with Gasteiger partial charge in [-0.05, 0) is 36.6 Å². The summed E-state index contributed by atoms with van der Waals surface area (Å²) in [5.41, 5.74) is 0.885. The van der Waals surface area contributed by atoms with Crippen LogP contribution in [0.2, 0.25) is 0 Å². The van der Waals surface area contributed by atoms with Crippen LogP contribution in [0.15, 0.2) is 30.3 Å². The Bertz CT molecular complexity index is 592. The lowest BCUT2D eigenvalue weighted by atomic mass is 10.1. The monoisotopic (exact) mass is 390 g/mol. The Morgan fingerprint density at radius 2 is 1.61 bits per heavy atom.